The molecule has 156 valence electrons. The summed E-state index contributed by atoms with van der Waals surface area (Å²) in [6, 6.07) is 3.50. The fraction of sp³-hybridized carbons (Fsp3) is 0.562. The minimum absolute atomic E-state index is 0. The van der Waals surface area contributed by atoms with Gasteiger partial charge in [0.05, 0.1) is 17.9 Å². The molecule has 10 nitrogen and oxygen atoms in total. The van der Waals surface area contributed by atoms with Crippen LogP contribution in [0.2, 0.25) is 0 Å². The summed E-state index contributed by atoms with van der Waals surface area (Å²) in [5.74, 6) is 0.644. The Hall–Kier alpha value is -1.67. The molecule has 0 radical (unpaired) electrons. The van der Waals surface area contributed by atoms with Gasteiger partial charge in [-0.15, -0.1) is 24.0 Å². The molecule has 1 N–H and O–H groups in total. The molecule has 0 unspecified atom stereocenters. The lowest BCUT2D eigenvalue weighted by Gasteiger charge is -2.35. The van der Waals surface area contributed by atoms with Gasteiger partial charge in [-0.05, 0) is 13.0 Å². The van der Waals surface area contributed by atoms with E-state index in [1.54, 1.807) is 16.9 Å². The molecule has 0 aromatic carbocycles. The summed E-state index contributed by atoms with van der Waals surface area (Å²) in [5.41, 5.74) is 1.43. The molecule has 1 aliphatic rings. The van der Waals surface area contributed by atoms with Crippen LogP contribution in [-0.2, 0) is 29.4 Å². The monoisotopic (exact) mass is 523 g/mol. The van der Waals surface area contributed by atoms with Crippen molar-refractivity contribution in [1.82, 2.24) is 29.5 Å². The van der Waals surface area contributed by atoms with Gasteiger partial charge in [0.2, 0.25) is 10.0 Å². The van der Waals surface area contributed by atoms with Crippen molar-refractivity contribution in [3.63, 3.8) is 0 Å². The zero-order valence-electron chi connectivity index (χ0n) is 16.0. The zero-order valence-corrected chi connectivity index (χ0v) is 19.1. The standard InChI is InChI=1S/C16H25N7O3S.HI/c1-3-17-16(18-12-15-4-6-19-21(15)2)22-7-9-23(10-8-22)27(24,25)13-14-5-11-26-20-14;/h4-6,11H,3,7-10,12-13H2,1-2H3,(H,17,18);1H. The first-order chi connectivity index (χ1) is 13.0. The first kappa shape index (κ1) is 22.6. The number of nitrogens with zero attached hydrogens (tertiary/aromatic N) is 6. The first-order valence-electron chi connectivity index (χ1n) is 8.87. The molecule has 2 aromatic rings. The molecule has 3 rings (SSSR count). The summed E-state index contributed by atoms with van der Waals surface area (Å²) < 4.78 is 33.1. The minimum Gasteiger partial charge on any atom is -0.364 e. The van der Waals surface area contributed by atoms with E-state index in [-0.39, 0.29) is 29.7 Å². The van der Waals surface area contributed by atoms with Crippen molar-refractivity contribution < 1.29 is 12.9 Å². The summed E-state index contributed by atoms with van der Waals surface area (Å²) >= 11 is 0. The van der Waals surface area contributed by atoms with Gasteiger partial charge in [0.25, 0.3) is 0 Å². The predicted molar refractivity (Wildman–Crippen MR) is 116 cm³/mol. The molecule has 1 saturated heterocycles. The number of guanidine groups is 1. The molecule has 3 heterocycles. The van der Waals surface area contributed by atoms with E-state index in [9.17, 15) is 8.42 Å². The summed E-state index contributed by atoms with van der Waals surface area (Å²) in [4.78, 5) is 6.75. The van der Waals surface area contributed by atoms with Crippen LogP contribution in [0.4, 0.5) is 0 Å². The summed E-state index contributed by atoms with van der Waals surface area (Å²) in [5, 5.41) is 11.1. The molecule has 0 saturated carbocycles. The Morgan fingerprint density at radius 1 is 1.29 bits per heavy atom. The highest BCUT2D eigenvalue weighted by atomic mass is 127. The second-order valence-electron chi connectivity index (χ2n) is 6.25. The number of sulfonamides is 1. The van der Waals surface area contributed by atoms with Crippen molar-refractivity contribution >= 4 is 40.0 Å². The second-order valence-corrected chi connectivity index (χ2v) is 8.22. The van der Waals surface area contributed by atoms with Gasteiger partial charge in [-0.1, -0.05) is 5.16 Å². The van der Waals surface area contributed by atoms with Crippen molar-refractivity contribution in [3.8, 4) is 0 Å². The molecule has 1 aliphatic heterocycles. The molecular weight excluding hydrogens is 497 g/mol. The number of aromatic nitrogens is 3. The van der Waals surface area contributed by atoms with Crippen molar-refractivity contribution in [2.24, 2.45) is 12.0 Å². The van der Waals surface area contributed by atoms with Crippen LogP contribution in [0, 0.1) is 0 Å². The number of rotatable bonds is 6. The number of hydrogen-bond donors (Lipinski definition) is 1. The third-order valence-electron chi connectivity index (χ3n) is 4.40. The van der Waals surface area contributed by atoms with Gasteiger partial charge >= 0.3 is 0 Å². The molecule has 12 heteroatoms. The van der Waals surface area contributed by atoms with E-state index in [4.69, 9.17) is 4.52 Å². The molecule has 1 fully saturated rings. The van der Waals surface area contributed by atoms with E-state index in [2.05, 4.69) is 25.5 Å². The number of nitrogens with one attached hydrogen (secondary N) is 1. The molecule has 0 atom stereocenters. The number of aliphatic imine (C=N–C) groups is 1. The number of hydrogen-bond acceptors (Lipinski definition) is 6. The van der Waals surface area contributed by atoms with E-state index in [0.717, 1.165) is 18.2 Å². The Bertz CT molecular complexity index is 859. The predicted octanol–water partition coefficient (Wildman–Crippen LogP) is 0.639. The first-order valence-corrected chi connectivity index (χ1v) is 10.5. The van der Waals surface area contributed by atoms with Gasteiger partial charge in [-0.2, -0.15) is 9.40 Å². The molecular formula is C16H26IN7O3S. The van der Waals surface area contributed by atoms with Crippen molar-refractivity contribution in [2.75, 3.05) is 32.7 Å². The van der Waals surface area contributed by atoms with Crippen LogP contribution in [0.15, 0.2) is 34.1 Å². The highest BCUT2D eigenvalue weighted by molar-refractivity contribution is 14.0. The summed E-state index contributed by atoms with van der Waals surface area (Å²) in [6.07, 6.45) is 3.13. The highest BCUT2D eigenvalue weighted by Gasteiger charge is 2.29. The fourth-order valence-corrected chi connectivity index (χ4v) is 4.33. The highest BCUT2D eigenvalue weighted by Crippen LogP contribution is 2.13. The Labute approximate surface area is 182 Å². The van der Waals surface area contributed by atoms with E-state index in [1.807, 2.05) is 20.0 Å². The third kappa shape index (κ3) is 5.67. The lowest BCUT2D eigenvalue weighted by molar-refractivity contribution is 0.259. The van der Waals surface area contributed by atoms with Gasteiger partial charge in [0.1, 0.15) is 12.0 Å². The van der Waals surface area contributed by atoms with Crippen molar-refractivity contribution in [2.45, 2.75) is 19.2 Å². The van der Waals surface area contributed by atoms with Crippen molar-refractivity contribution in [1.29, 1.82) is 0 Å². The number of aryl methyl sites for hydroxylation is 1. The van der Waals surface area contributed by atoms with Gasteiger partial charge in [-0.3, -0.25) is 4.68 Å². The molecule has 0 aliphatic carbocycles. The van der Waals surface area contributed by atoms with Crippen LogP contribution in [0.25, 0.3) is 0 Å². The maximum absolute atomic E-state index is 12.5. The number of halogens is 1. The normalized spacial score (nSPS) is 16.1. The van der Waals surface area contributed by atoms with Crippen LogP contribution >= 0.6 is 24.0 Å². The summed E-state index contributed by atoms with van der Waals surface area (Å²) in [7, 11) is -1.52. The van der Waals surface area contributed by atoms with E-state index in [1.165, 1.54) is 10.6 Å². The molecule has 0 spiro atoms. The summed E-state index contributed by atoms with van der Waals surface area (Å²) in [6.45, 7) is 5.26. The molecule has 0 amide bonds. The Balaban J connectivity index is 0.00000280. The smallest absolute Gasteiger partial charge is 0.220 e. The van der Waals surface area contributed by atoms with Crippen LogP contribution < -0.4 is 5.32 Å². The molecule has 28 heavy (non-hydrogen) atoms. The van der Waals surface area contributed by atoms with Gasteiger partial charge in [0.15, 0.2) is 5.96 Å². The quantitative estimate of drug-likeness (QED) is 0.336. The Morgan fingerprint density at radius 3 is 2.61 bits per heavy atom. The minimum atomic E-state index is -3.41. The SMILES string of the molecule is CCNC(=NCc1ccnn1C)N1CCN(S(=O)(=O)Cc2ccon2)CC1.I. The average Bonchev–Trinajstić information content (AvgIpc) is 3.30. The third-order valence-corrected chi connectivity index (χ3v) is 6.21. The average molecular weight is 523 g/mol. The van der Waals surface area contributed by atoms with Crippen LogP contribution in [0.1, 0.15) is 18.3 Å². The van der Waals surface area contributed by atoms with Crippen molar-refractivity contribution in [3.05, 3.63) is 36.0 Å². The van der Waals surface area contributed by atoms with Crippen LogP contribution in [0.3, 0.4) is 0 Å². The Kier molecular flexibility index (Phi) is 8.24. The lowest BCUT2D eigenvalue weighted by Crippen LogP contribution is -2.53. The zero-order chi connectivity index (χ0) is 19.3. The fourth-order valence-electron chi connectivity index (χ4n) is 2.91. The van der Waals surface area contributed by atoms with Gasteiger partial charge < -0.3 is 14.7 Å². The maximum Gasteiger partial charge on any atom is 0.220 e. The topological polar surface area (TPSA) is 109 Å². The van der Waals surface area contributed by atoms with E-state index >= 15 is 0 Å². The van der Waals surface area contributed by atoms with Crippen LogP contribution in [-0.4, -0.2) is 71.2 Å². The van der Waals surface area contributed by atoms with E-state index < -0.39 is 10.0 Å². The lowest BCUT2D eigenvalue weighted by atomic mass is 10.4. The largest absolute Gasteiger partial charge is 0.364 e. The second kappa shape index (κ2) is 10.2. The van der Waals surface area contributed by atoms with E-state index in [0.29, 0.717) is 38.4 Å². The molecule has 2 aromatic heterocycles. The number of piperazine rings is 1. The van der Waals surface area contributed by atoms with Gasteiger partial charge in [-0.25, -0.2) is 13.4 Å². The Morgan fingerprint density at radius 2 is 2.04 bits per heavy atom. The maximum atomic E-state index is 12.5. The van der Waals surface area contributed by atoms with Crippen LogP contribution in [0.5, 0.6) is 0 Å². The van der Waals surface area contributed by atoms with Gasteiger partial charge in [0, 0.05) is 52.0 Å². The molecule has 0 bridgehead atoms.